The average Bonchev–Trinajstić information content (AvgIpc) is 2.77. The fraction of sp³-hybridized carbons (Fsp3) is 0.0588. The molecule has 25 heavy (non-hydrogen) atoms. The maximum atomic E-state index is 12.7. The zero-order valence-electron chi connectivity index (χ0n) is 12.7. The Labute approximate surface area is 163 Å². The molecule has 8 heteroatoms. The lowest BCUT2D eigenvalue weighted by atomic mass is 10.2. The van der Waals surface area contributed by atoms with Gasteiger partial charge in [-0.3, -0.25) is 9.59 Å². The lowest BCUT2D eigenvalue weighted by Crippen LogP contribution is -2.32. The fourth-order valence-corrected chi connectivity index (χ4v) is 3.06. The smallest absolute Gasteiger partial charge is 0.283 e. The number of halogens is 4. The van der Waals surface area contributed by atoms with Crippen molar-refractivity contribution in [1.82, 2.24) is 0 Å². The van der Waals surface area contributed by atoms with E-state index in [0.29, 0.717) is 15.7 Å². The third kappa shape index (κ3) is 3.35. The zero-order chi connectivity index (χ0) is 18.3. The molecule has 0 saturated heterocycles. The molecule has 0 saturated carbocycles. The number of aryl methyl sites for hydroxylation is 1. The lowest BCUT2D eigenvalue weighted by molar-refractivity contribution is -0.120. The van der Waals surface area contributed by atoms with E-state index in [0.717, 1.165) is 10.5 Å². The van der Waals surface area contributed by atoms with Gasteiger partial charge in [-0.05, 0) is 42.8 Å². The van der Waals surface area contributed by atoms with Gasteiger partial charge in [0.1, 0.15) is 10.7 Å². The van der Waals surface area contributed by atoms with E-state index in [-0.39, 0.29) is 21.4 Å². The first-order chi connectivity index (χ1) is 11.8. The highest BCUT2D eigenvalue weighted by molar-refractivity contribution is 6.54. The highest BCUT2D eigenvalue weighted by Gasteiger charge is 2.39. The van der Waals surface area contributed by atoms with Gasteiger partial charge in [-0.25, -0.2) is 4.90 Å². The predicted octanol–water partition coefficient (Wildman–Crippen LogP) is 5.39. The number of benzene rings is 2. The Morgan fingerprint density at radius 1 is 0.880 bits per heavy atom. The van der Waals surface area contributed by atoms with Crippen LogP contribution in [0.15, 0.2) is 47.1 Å². The molecule has 1 aliphatic heterocycles. The number of hydrogen-bond acceptors (Lipinski definition) is 3. The lowest BCUT2D eigenvalue weighted by Gasteiger charge is -2.17. The van der Waals surface area contributed by atoms with Crippen molar-refractivity contribution in [2.45, 2.75) is 6.92 Å². The molecule has 0 unspecified atom stereocenters. The summed E-state index contributed by atoms with van der Waals surface area (Å²) in [5.74, 6) is -1.31. The van der Waals surface area contributed by atoms with Crippen LogP contribution < -0.4 is 10.2 Å². The number of carbonyl (C=O) groups excluding carboxylic acids is 2. The normalized spacial score (nSPS) is 14.5. The Kier molecular flexibility index (Phi) is 4.98. The summed E-state index contributed by atoms with van der Waals surface area (Å²) in [7, 11) is 0. The molecule has 1 aliphatic rings. The average molecular weight is 416 g/mol. The second-order valence-corrected chi connectivity index (χ2v) is 6.95. The predicted molar refractivity (Wildman–Crippen MR) is 102 cm³/mol. The van der Waals surface area contributed by atoms with Crippen molar-refractivity contribution >= 4 is 69.6 Å². The van der Waals surface area contributed by atoms with Crippen molar-refractivity contribution < 1.29 is 9.59 Å². The maximum Gasteiger partial charge on any atom is 0.283 e. The number of nitrogens with one attached hydrogen (secondary N) is 1. The van der Waals surface area contributed by atoms with Gasteiger partial charge in [0.25, 0.3) is 11.8 Å². The number of carbonyl (C=O) groups is 2. The van der Waals surface area contributed by atoms with E-state index in [1.165, 1.54) is 12.1 Å². The van der Waals surface area contributed by atoms with Crippen LogP contribution in [0.2, 0.25) is 15.1 Å². The molecule has 0 atom stereocenters. The van der Waals surface area contributed by atoms with Crippen LogP contribution in [0.5, 0.6) is 0 Å². The maximum absolute atomic E-state index is 12.7. The van der Waals surface area contributed by atoms with Crippen molar-refractivity contribution in [3.05, 3.63) is 67.8 Å². The van der Waals surface area contributed by atoms with Crippen molar-refractivity contribution in [2.24, 2.45) is 0 Å². The Bertz CT molecular complexity index is 940. The molecule has 0 fully saturated rings. The van der Waals surface area contributed by atoms with Gasteiger partial charge in [-0.15, -0.1) is 0 Å². The monoisotopic (exact) mass is 414 g/mol. The third-order valence-electron chi connectivity index (χ3n) is 3.62. The van der Waals surface area contributed by atoms with Crippen molar-refractivity contribution in [1.29, 1.82) is 0 Å². The van der Waals surface area contributed by atoms with Gasteiger partial charge in [0.2, 0.25) is 0 Å². The number of anilines is 2. The molecule has 1 N–H and O–H groups in total. The Morgan fingerprint density at radius 3 is 2.28 bits per heavy atom. The molecule has 128 valence electrons. The van der Waals surface area contributed by atoms with Crippen LogP contribution >= 0.6 is 46.4 Å². The van der Waals surface area contributed by atoms with Crippen LogP contribution in [0, 0.1) is 6.92 Å². The molecule has 0 spiro atoms. The van der Waals surface area contributed by atoms with Gasteiger partial charge >= 0.3 is 0 Å². The molecular weight excluding hydrogens is 406 g/mol. The summed E-state index contributed by atoms with van der Waals surface area (Å²) in [6.45, 7) is 1.85. The van der Waals surface area contributed by atoms with Crippen LogP contribution in [-0.2, 0) is 9.59 Å². The van der Waals surface area contributed by atoms with Crippen molar-refractivity contribution in [3.8, 4) is 0 Å². The zero-order valence-corrected chi connectivity index (χ0v) is 15.8. The van der Waals surface area contributed by atoms with E-state index in [1.54, 1.807) is 24.3 Å². The molecule has 0 bridgehead atoms. The molecule has 2 aromatic carbocycles. The standard InChI is InChI=1S/C17H10Cl4N2O2/c1-8-2-4-10(7-12(8)20)22-15-14(21)16(24)23(17(15)25)13-6-9(18)3-5-11(13)19/h2-7,22H,1H3. The second kappa shape index (κ2) is 6.89. The van der Waals surface area contributed by atoms with Gasteiger partial charge in [0.15, 0.2) is 0 Å². The first-order valence-electron chi connectivity index (χ1n) is 7.06. The van der Waals surface area contributed by atoms with Gasteiger partial charge in [-0.1, -0.05) is 52.5 Å². The van der Waals surface area contributed by atoms with E-state index in [9.17, 15) is 9.59 Å². The van der Waals surface area contributed by atoms with Crippen LogP contribution in [-0.4, -0.2) is 11.8 Å². The highest BCUT2D eigenvalue weighted by atomic mass is 35.5. The summed E-state index contributed by atoms with van der Waals surface area (Å²) in [5, 5.41) is 3.67. The van der Waals surface area contributed by atoms with E-state index in [4.69, 9.17) is 46.4 Å². The summed E-state index contributed by atoms with van der Waals surface area (Å²) < 4.78 is 0. The molecule has 1 heterocycles. The molecule has 3 rings (SSSR count). The number of imide groups is 1. The van der Waals surface area contributed by atoms with Gasteiger partial charge in [-0.2, -0.15) is 0 Å². The first-order valence-corrected chi connectivity index (χ1v) is 8.57. The Morgan fingerprint density at radius 2 is 1.60 bits per heavy atom. The minimum atomic E-state index is -0.684. The van der Waals surface area contributed by atoms with Crippen LogP contribution in [0.1, 0.15) is 5.56 Å². The van der Waals surface area contributed by atoms with Gasteiger partial charge in [0.05, 0.1) is 10.7 Å². The molecule has 4 nitrogen and oxygen atoms in total. The quantitative estimate of drug-likeness (QED) is 0.683. The van der Waals surface area contributed by atoms with E-state index >= 15 is 0 Å². The summed E-state index contributed by atoms with van der Waals surface area (Å²) in [4.78, 5) is 26.0. The summed E-state index contributed by atoms with van der Waals surface area (Å²) in [6, 6.07) is 9.63. The van der Waals surface area contributed by atoms with Gasteiger partial charge in [0, 0.05) is 15.7 Å². The van der Waals surface area contributed by atoms with Crippen LogP contribution in [0.25, 0.3) is 0 Å². The van der Waals surface area contributed by atoms with Crippen molar-refractivity contribution in [2.75, 3.05) is 10.2 Å². The fourth-order valence-electron chi connectivity index (χ4n) is 2.30. The molecule has 0 radical (unpaired) electrons. The van der Waals surface area contributed by atoms with Gasteiger partial charge < -0.3 is 5.32 Å². The summed E-state index contributed by atoms with van der Waals surface area (Å²) >= 11 is 24.2. The molecule has 0 aliphatic carbocycles. The second-order valence-electron chi connectivity index (χ2n) is 5.32. The molecule has 0 aromatic heterocycles. The number of hydrogen-bond donors (Lipinski definition) is 1. The van der Waals surface area contributed by atoms with Crippen molar-refractivity contribution in [3.63, 3.8) is 0 Å². The largest absolute Gasteiger partial charge is 0.350 e. The first kappa shape index (κ1) is 18.1. The minimum absolute atomic E-state index is 0.0531. The van der Waals surface area contributed by atoms with Crippen LogP contribution in [0.3, 0.4) is 0 Å². The Hall–Kier alpha value is -1.72. The number of nitrogens with zero attached hydrogens (tertiary/aromatic N) is 1. The summed E-state index contributed by atoms with van der Waals surface area (Å²) in [5.41, 5.74) is 1.53. The van der Waals surface area contributed by atoms with E-state index in [2.05, 4.69) is 5.32 Å². The SMILES string of the molecule is Cc1ccc(NC2=C(Cl)C(=O)N(c3cc(Cl)ccc3Cl)C2=O)cc1Cl. The van der Waals surface area contributed by atoms with E-state index in [1.807, 2.05) is 6.92 Å². The Balaban J connectivity index is 1.96. The molecule has 2 amide bonds. The number of amides is 2. The molecular formula is C17H10Cl4N2O2. The highest BCUT2D eigenvalue weighted by Crippen LogP contribution is 2.36. The number of rotatable bonds is 3. The minimum Gasteiger partial charge on any atom is -0.350 e. The molecule has 2 aromatic rings. The topological polar surface area (TPSA) is 49.4 Å². The van der Waals surface area contributed by atoms with Crippen LogP contribution in [0.4, 0.5) is 11.4 Å². The van der Waals surface area contributed by atoms with E-state index < -0.39 is 11.8 Å². The third-order valence-corrected chi connectivity index (χ3v) is 4.93. The summed E-state index contributed by atoms with van der Waals surface area (Å²) in [6.07, 6.45) is 0.